The number of carbonyl (C=O) groups is 1. The molecule has 0 bridgehead atoms. The number of aromatic nitrogens is 4. The Bertz CT molecular complexity index is 1320. The van der Waals surface area contributed by atoms with Crippen LogP contribution in [0.5, 0.6) is 0 Å². The van der Waals surface area contributed by atoms with Crippen LogP contribution in [0.2, 0.25) is 0 Å². The zero-order chi connectivity index (χ0) is 22.1. The summed E-state index contributed by atoms with van der Waals surface area (Å²) in [6.45, 7) is 2.89. The molecule has 1 N–H and O–H groups in total. The van der Waals surface area contributed by atoms with Crippen LogP contribution in [-0.2, 0) is 17.9 Å². The van der Waals surface area contributed by atoms with Crippen LogP contribution in [0.3, 0.4) is 0 Å². The minimum Gasteiger partial charge on any atom is -0.325 e. The molecule has 0 radical (unpaired) electrons. The second-order valence-corrected chi connectivity index (χ2v) is 8.74. The van der Waals surface area contributed by atoms with Gasteiger partial charge in [-0.05, 0) is 19.1 Å². The van der Waals surface area contributed by atoms with E-state index in [1.807, 2.05) is 55.5 Å². The third kappa shape index (κ3) is 4.22. The number of thioether (sulfide) groups is 1. The summed E-state index contributed by atoms with van der Waals surface area (Å²) in [6.07, 6.45) is 3.47. The molecule has 0 saturated carbocycles. The van der Waals surface area contributed by atoms with E-state index in [4.69, 9.17) is 0 Å². The van der Waals surface area contributed by atoms with Gasteiger partial charge in [-0.15, -0.1) is 0 Å². The Morgan fingerprint density at radius 1 is 1.06 bits per heavy atom. The van der Waals surface area contributed by atoms with Gasteiger partial charge in [-0.25, -0.2) is 9.97 Å². The van der Waals surface area contributed by atoms with Crippen LogP contribution < -0.4 is 10.9 Å². The summed E-state index contributed by atoms with van der Waals surface area (Å²) >= 11 is 1.76. The van der Waals surface area contributed by atoms with Gasteiger partial charge in [0.05, 0.1) is 17.7 Å². The summed E-state index contributed by atoms with van der Waals surface area (Å²) in [5, 5.41) is 3.88. The molecular weight excluding hydrogens is 422 g/mol. The number of fused-ring (bicyclic) bond motifs is 1. The van der Waals surface area contributed by atoms with E-state index in [2.05, 4.69) is 26.0 Å². The molecule has 0 unspecified atom stereocenters. The predicted octanol–water partition coefficient (Wildman–Crippen LogP) is 3.83. The Hall–Kier alpha value is -3.65. The first-order valence-corrected chi connectivity index (χ1v) is 11.3. The van der Waals surface area contributed by atoms with E-state index < -0.39 is 0 Å². The average Bonchev–Trinajstić information content (AvgIpc) is 3.39. The second-order valence-electron chi connectivity index (χ2n) is 7.68. The van der Waals surface area contributed by atoms with Gasteiger partial charge < -0.3 is 9.88 Å². The minimum absolute atomic E-state index is 0.104. The standard InChI is InChI=1S/C24H21N5O2S/c1-16-2-4-17(5-3-16)20-12-23(31)29(15-25-20)14-22(30)26-19-8-6-18(7-9-19)21-13-28-10-11-32-24(28)27-21/h2-9,12-13,15H,10-11,14H2,1H3,(H,26,30). The Balaban J connectivity index is 1.24. The highest BCUT2D eigenvalue weighted by atomic mass is 32.2. The lowest BCUT2D eigenvalue weighted by Gasteiger charge is -2.09. The smallest absolute Gasteiger partial charge is 0.254 e. The summed E-state index contributed by atoms with van der Waals surface area (Å²) < 4.78 is 3.46. The van der Waals surface area contributed by atoms with E-state index in [-0.39, 0.29) is 18.0 Å². The van der Waals surface area contributed by atoms with Crippen molar-refractivity contribution in [2.24, 2.45) is 0 Å². The number of hydrogen-bond donors (Lipinski definition) is 1. The molecule has 3 heterocycles. The normalized spacial score (nSPS) is 12.5. The van der Waals surface area contributed by atoms with Crippen molar-refractivity contribution >= 4 is 23.4 Å². The van der Waals surface area contributed by atoms with Gasteiger partial charge in [-0.1, -0.05) is 53.7 Å². The summed E-state index contributed by atoms with van der Waals surface area (Å²) in [7, 11) is 0. The zero-order valence-electron chi connectivity index (χ0n) is 17.5. The lowest BCUT2D eigenvalue weighted by molar-refractivity contribution is -0.116. The molecule has 1 amide bonds. The topological polar surface area (TPSA) is 81.8 Å². The maximum atomic E-state index is 12.5. The van der Waals surface area contributed by atoms with Gasteiger partial charge in [0.2, 0.25) is 5.91 Å². The number of carbonyl (C=O) groups excluding carboxylic acids is 1. The molecule has 0 aliphatic carbocycles. The predicted molar refractivity (Wildman–Crippen MR) is 126 cm³/mol. The van der Waals surface area contributed by atoms with E-state index in [0.717, 1.165) is 39.8 Å². The van der Waals surface area contributed by atoms with Crippen LogP contribution in [0.25, 0.3) is 22.5 Å². The van der Waals surface area contributed by atoms with E-state index in [9.17, 15) is 9.59 Å². The first-order chi connectivity index (χ1) is 15.5. The fraction of sp³-hybridized carbons (Fsp3) is 0.167. The lowest BCUT2D eigenvalue weighted by Crippen LogP contribution is -2.27. The maximum Gasteiger partial charge on any atom is 0.254 e. The fourth-order valence-corrected chi connectivity index (χ4v) is 4.50. The van der Waals surface area contributed by atoms with Crippen molar-refractivity contribution < 1.29 is 4.79 Å². The number of benzene rings is 2. The van der Waals surface area contributed by atoms with E-state index in [1.54, 1.807) is 11.8 Å². The summed E-state index contributed by atoms with van der Waals surface area (Å²) in [6, 6.07) is 16.8. The third-order valence-corrected chi connectivity index (χ3v) is 6.28. The SMILES string of the molecule is Cc1ccc(-c2cc(=O)n(CC(=O)Nc3ccc(-c4cn5c(n4)SCC5)cc3)cn2)cc1. The quantitative estimate of drug-likeness (QED) is 0.507. The first kappa shape index (κ1) is 20.3. The van der Waals surface area contributed by atoms with Crippen LogP contribution in [0.4, 0.5) is 5.69 Å². The molecule has 1 aliphatic heterocycles. The van der Waals surface area contributed by atoms with Crippen molar-refractivity contribution in [2.45, 2.75) is 25.2 Å². The van der Waals surface area contributed by atoms with Crippen LogP contribution in [0.1, 0.15) is 5.56 Å². The number of imidazole rings is 1. The monoisotopic (exact) mass is 443 g/mol. The van der Waals surface area contributed by atoms with Crippen LogP contribution in [0.15, 0.2) is 77.1 Å². The molecule has 0 spiro atoms. The van der Waals surface area contributed by atoms with Crippen molar-refractivity contribution in [3.63, 3.8) is 0 Å². The van der Waals surface area contributed by atoms with Crippen molar-refractivity contribution in [3.05, 3.63) is 83.0 Å². The van der Waals surface area contributed by atoms with E-state index in [1.165, 1.54) is 17.0 Å². The Kier molecular flexibility index (Phi) is 5.36. The highest BCUT2D eigenvalue weighted by Gasteiger charge is 2.15. The minimum atomic E-state index is -0.290. The molecule has 0 saturated heterocycles. The average molecular weight is 444 g/mol. The summed E-state index contributed by atoms with van der Waals surface area (Å²) in [4.78, 5) is 33.9. The van der Waals surface area contributed by atoms with Gasteiger partial charge in [-0.2, -0.15) is 0 Å². The first-order valence-electron chi connectivity index (χ1n) is 10.3. The molecule has 7 nitrogen and oxygen atoms in total. The fourth-order valence-electron chi connectivity index (χ4n) is 3.56. The number of amides is 1. The molecule has 0 fully saturated rings. The Morgan fingerprint density at radius 2 is 1.78 bits per heavy atom. The Morgan fingerprint density at radius 3 is 2.50 bits per heavy atom. The van der Waals surface area contributed by atoms with Crippen molar-refractivity contribution in [2.75, 3.05) is 11.1 Å². The largest absolute Gasteiger partial charge is 0.325 e. The van der Waals surface area contributed by atoms with Gasteiger partial charge in [0.25, 0.3) is 5.56 Å². The molecule has 4 aromatic rings. The Labute approximate surface area is 189 Å². The van der Waals surface area contributed by atoms with Crippen molar-refractivity contribution in [1.82, 2.24) is 19.1 Å². The molecule has 1 aliphatic rings. The van der Waals surface area contributed by atoms with Crippen LogP contribution in [0, 0.1) is 6.92 Å². The number of hydrogen-bond acceptors (Lipinski definition) is 5. The zero-order valence-corrected chi connectivity index (χ0v) is 18.3. The van der Waals surface area contributed by atoms with Gasteiger partial charge in [0.1, 0.15) is 6.54 Å². The van der Waals surface area contributed by atoms with Gasteiger partial charge >= 0.3 is 0 Å². The molecule has 2 aromatic heterocycles. The molecule has 32 heavy (non-hydrogen) atoms. The molecular formula is C24H21N5O2S. The molecule has 0 atom stereocenters. The van der Waals surface area contributed by atoms with Gasteiger partial charge in [-0.3, -0.25) is 14.2 Å². The highest BCUT2D eigenvalue weighted by Crippen LogP contribution is 2.29. The number of rotatable bonds is 5. The highest BCUT2D eigenvalue weighted by molar-refractivity contribution is 7.99. The second kappa shape index (κ2) is 8.47. The maximum absolute atomic E-state index is 12.5. The van der Waals surface area contributed by atoms with Gasteiger partial charge in [0, 0.05) is 41.4 Å². The molecule has 160 valence electrons. The van der Waals surface area contributed by atoms with Crippen LogP contribution in [-0.4, -0.2) is 30.8 Å². The third-order valence-electron chi connectivity index (χ3n) is 5.31. The lowest BCUT2D eigenvalue weighted by atomic mass is 10.1. The van der Waals surface area contributed by atoms with Gasteiger partial charge in [0.15, 0.2) is 5.16 Å². The van der Waals surface area contributed by atoms with Crippen LogP contribution >= 0.6 is 11.8 Å². The molecule has 5 rings (SSSR count). The molecule has 2 aromatic carbocycles. The van der Waals surface area contributed by atoms with E-state index >= 15 is 0 Å². The molecule has 8 heteroatoms. The van der Waals surface area contributed by atoms with Crippen molar-refractivity contribution in [3.8, 4) is 22.5 Å². The number of anilines is 1. The summed E-state index contributed by atoms with van der Waals surface area (Å²) in [5.74, 6) is 0.781. The summed E-state index contributed by atoms with van der Waals surface area (Å²) in [5.41, 5.74) is 4.91. The number of aryl methyl sites for hydroxylation is 2. The van der Waals surface area contributed by atoms with Crippen molar-refractivity contribution in [1.29, 1.82) is 0 Å². The number of nitrogens with zero attached hydrogens (tertiary/aromatic N) is 4. The van der Waals surface area contributed by atoms with E-state index in [0.29, 0.717) is 11.4 Å². The number of nitrogens with one attached hydrogen (secondary N) is 1.